The molecular weight excluding hydrogens is 324 g/mol. The molecule has 3 heterocycles. The van der Waals surface area contributed by atoms with Gasteiger partial charge in [0.15, 0.2) is 11.4 Å². The number of fused-ring (bicyclic) bond motifs is 1. The molecule has 2 aromatic rings. The third-order valence-electron chi connectivity index (χ3n) is 4.05. The van der Waals surface area contributed by atoms with E-state index in [1.807, 2.05) is 10.7 Å². The highest BCUT2D eigenvalue weighted by atomic mass is 16.4. The second kappa shape index (κ2) is 7.06. The Balaban J connectivity index is 1.61. The van der Waals surface area contributed by atoms with Gasteiger partial charge in [0.1, 0.15) is 0 Å². The standard InChI is InChI=1S/C16H22N6O3/c1-10(2)7-21-3-4-22-12(8-21)5-11(20-22)6-17-15(23)13-14(16(24)25)19-9-18-13/h5,9-10H,3-4,6-8H2,1-2H3,(H,17,23)(H,18,19)(H,24,25). The van der Waals surface area contributed by atoms with Crippen LogP contribution in [-0.4, -0.2) is 54.7 Å². The number of carboxylic acid groups (broad SMARTS) is 1. The largest absolute Gasteiger partial charge is 0.477 e. The van der Waals surface area contributed by atoms with Crippen molar-refractivity contribution in [1.29, 1.82) is 0 Å². The van der Waals surface area contributed by atoms with Crippen LogP contribution in [-0.2, 0) is 19.6 Å². The van der Waals surface area contributed by atoms with E-state index in [2.05, 4.69) is 39.1 Å². The van der Waals surface area contributed by atoms with Gasteiger partial charge >= 0.3 is 5.97 Å². The Bertz CT molecular complexity index is 779. The number of nitrogens with zero attached hydrogens (tertiary/aromatic N) is 4. The zero-order chi connectivity index (χ0) is 18.0. The van der Waals surface area contributed by atoms with Crippen LogP contribution >= 0.6 is 0 Å². The lowest BCUT2D eigenvalue weighted by Gasteiger charge is -2.28. The van der Waals surface area contributed by atoms with Gasteiger partial charge in [-0.1, -0.05) is 13.8 Å². The van der Waals surface area contributed by atoms with Gasteiger partial charge in [-0.25, -0.2) is 9.78 Å². The van der Waals surface area contributed by atoms with E-state index in [0.29, 0.717) is 5.92 Å². The van der Waals surface area contributed by atoms with Crippen LogP contribution in [0.3, 0.4) is 0 Å². The first kappa shape index (κ1) is 17.2. The van der Waals surface area contributed by atoms with Crippen molar-refractivity contribution in [3.05, 3.63) is 35.2 Å². The van der Waals surface area contributed by atoms with Crippen molar-refractivity contribution >= 4 is 11.9 Å². The predicted molar refractivity (Wildman–Crippen MR) is 89.1 cm³/mol. The number of rotatable bonds is 6. The molecule has 134 valence electrons. The van der Waals surface area contributed by atoms with Gasteiger partial charge in [0.2, 0.25) is 0 Å². The Morgan fingerprint density at radius 3 is 2.92 bits per heavy atom. The number of hydrogen-bond acceptors (Lipinski definition) is 5. The molecule has 0 spiro atoms. The summed E-state index contributed by atoms with van der Waals surface area (Å²) in [7, 11) is 0. The van der Waals surface area contributed by atoms with E-state index in [4.69, 9.17) is 5.11 Å². The molecule has 0 aromatic carbocycles. The van der Waals surface area contributed by atoms with Crippen LogP contribution in [0.4, 0.5) is 0 Å². The normalized spacial score (nSPS) is 14.5. The van der Waals surface area contributed by atoms with Gasteiger partial charge in [0, 0.05) is 19.6 Å². The number of carbonyl (C=O) groups excluding carboxylic acids is 1. The first-order chi connectivity index (χ1) is 11.9. The van der Waals surface area contributed by atoms with Gasteiger partial charge in [-0.2, -0.15) is 5.10 Å². The lowest BCUT2D eigenvalue weighted by molar-refractivity contribution is 0.0685. The van der Waals surface area contributed by atoms with Crippen molar-refractivity contribution in [3.8, 4) is 0 Å². The molecule has 0 saturated carbocycles. The van der Waals surface area contributed by atoms with Crippen molar-refractivity contribution in [1.82, 2.24) is 30.0 Å². The maximum absolute atomic E-state index is 12.1. The van der Waals surface area contributed by atoms with Gasteiger partial charge in [0.05, 0.1) is 30.8 Å². The van der Waals surface area contributed by atoms with Gasteiger partial charge < -0.3 is 15.4 Å². The molecule has 1 aliphatic heterocycles. The molecule has 1 aliphatic rings. The van der Waals surface area contributed by atoms with Crippen molar-refractivity contribution in [3.63, 3.8) is 0 Å². The minimum atomic E-state index is -1.22. The van der Waals surface area contributed by atoms with Gasteiger partial charge in [0.25, 0.3) is 5.91 Å². The first-order valence-corrected chi connectivity index (χ1v) is 8.27. The van der Waals surface area contributed by atoms with Crippen LogP contribution in [0.5, 0.6) is 0 Å². The molecule has 0 atom stereocenters. The maximum Gasteiger partial charge on any atom is 0.354 e. The molecule has 9 heteroatoms. The molecule has 0 aliphatic carbocycles. The van der Waals surface area contributed by atoms with E-state index >= 15 is 0 Å². The van der Waals surface area contributed by atoms with Crippen molar-refractivity contribution in [2.45, 2.75) is 33.5 Å². The molecule has 0 bridgehead atoms. The van der Waals surface area contributed by atoms with E-state index in [9.17, 15) is 9.59 Å². The Hall–Kier alpha value is -2.68. The molecule has 3 rings (SSSR count). The number of carboxylic acids is 1. The van der Waals surface area contributed by atoms with Crippen LogP contribution < -0.4 is 5.32 Å². The van der Waals surface area contributed by atoms with E-state index < -0.39 is 11.9 Å². The molecule has 1 amide bonds. The summed E-state index contributed by atoms with van der Waals surface area (Å²) in [5, 5.41) is 16.2. The summed E-state index contributed by atoms with van der Waals surface area (Å²) in [6.07, 6.45) is 1.19. The summed E-state index contributed by atoms with van der Waals surface area (Å²) in [5.41, 5.74) is 1.54. The maximum atomic E-state index is 12.1. The molecule has 2 aromatic heterocycles. The van der Waals surface area contributed by atoms with Gasteiger partial charge in [-0.05, 0) is 12.0 Å². The number of aromatic amines is 1. The zero-order valence-corrected chi connectivity index (χ0v) is 14.3. The third-order valence-corrected chi connectivity index (χ3v) is 4.05. The molecule has 0 fully saturated rings. The highest BCUT2D eigenvalue weighted by Gasteiger charge is 2.21. The van der Waals surface area contributed by atoms with Gasteiger partial charge in [-0.15, -0.1) is 0 Å². The molecule has 0 radical (unpaired) electrons. The van der Waals surface area contributed by atoms with Gasteiger partial charge in [-0.3, -0.25) is 14.4 Å². The summed E-state index contributed by atoms with van der Waals surface area (Å²) >= 11 is 0. The second-order valence-electron chi connectivity index (χ2n) is 6.59. The number of hydrogen-bond donors (Lipinski definition) is 3. The number of H-pyrrole nitrogens is 1. The lowest BCUT2D eigenvalue weighted by atomic mass is 10.2. The van der Waals surface area contributed by atoms with Crippen molar-refractivity contribution < 1.29 is 14.7 Å². The zero-order valence-electron chi connectivity index (χ0n) is 14.3. The highest BCUT2D eigenvalue weighted by molar-refractivity contribution is 6.02. The number of aromatic carboxylic acids is 1. The smallest absolute Gasteiger partial charge is 0.354 e. The third kappa shape index (κ3) is 3.87. The summed E-state index contributed by atoms with van der Waals surface area (Å²) in [6, 6.07) is 1.98. The predicted octanol–water partition coefficient (Wildman–Crippen LogP) is 0.706. The average Bonchev–Trinajstić information content (AvgIpc) is 3.18. The van der Waals surface area contributed by atoms with Crippen LogP contribution in [0.25, 0.3) is 0 Å². The summed E-state index contributed by atoms with van der Waals surface area (Å²) in [4.78, 5) is 31.8. The molecule has 0 unspecified atom stereocenters. The quantitative estimate of drug-likeness (QED) is 0.709. The van der Waals surface area contributed by atoms with E-state index in [-0.39, 0.29) is 17.9 Å². The topological polar surface area (TPSA) is 116 Å². The number of amides is 1. The Morgan fingerprint density at radius 1 is 1.40 bits per heavy atom. The van der Waals surface area contributed by atoms with Crippen molar-refractivity contribution in [2.24, 2.45) is 5.92 Å². The van der Waals surface area contributed by atoms with E-state index in [1.165, 1.54) is 6.33 Å². The van der Waals surface area contributed by atoms with Crippen LogP contribution in [0.1, 0.15) is 46.2 Å². The van der Waals surface area contributed by atoms with Crippen LogP contribution in [0.2, 0.25) is 0 Å². The monoisotopic (exact) mass is 346 g/mol. The SMILES string of the molecule is CC(C)CN1CCn2nc(CNC(=O)c3nc[nH]c3C(=O)O)cc2C1. The average molecular weight is 346 g/mol. The number of carbonyl (C=O) groups is 2. The Labute approximate surface area is 145 Å². The van der Waals surface area contributed by atoms with Crippen molar-refractivity contribution in [2.75, 3.05) is 13.1 Å². The Morgan fingerprint density at radius 2 is 2.20 bits per heavy atom. The highest BCUT2D eigenvalue weighted by Crippen LogP contribution is 2.15. The summed E-state index contributed by atoms with van der Waals surface area (Å²) < 4.78 is 1.97. The molecule has 25 heavy (non-hydrogen) atoms. The fourth-order valence-electron chi connectivity index (χ4n) is 3.02. The molecule has 9 nitrogen and oxygen atoms in total. The molecule has 0 saturated heterocycles. The van der Waals surface area contributed by atoms with E-state index in [1.54, 1.807) is 0 Å². The van der Waals surface area contributed by atoms with Crippen LogP contribution in [0, 0.1) is 5.92 Å². The first-order valence-electron chi connectivity index (χ1n) is 8.27. The lowest BCUT2D eigenvalue weighted by Crippen LogP contribution is -2.36. The van der Waals surface area contributed by atoms with Crippen LogP contribution in [0.15, 0.2) is 12.4 Å². The Kier molecular flexibility index (Phi) is 4.84. The number of nitrogens with one attached hydrogen (secondary N) is 2. The number of imidazole rings is 1. The minimum absolute atomic E-state index is 0.125. The summed E-state index contributed by atoms with van der Waals surface area (Å²) in [5.74, 6) is -1.14. The fourth-order valence-corrected chi connectivity index (χ4v) is 3.02. The number of aromatic nitrogens is 4. The molecular formula is C16H22N6O3. The second-order valence-corrected chi connectivity index (χ2v) is 6.59. The molecule has 3 N–H and O–H groups in total. The minimum Gasteiger partial charge on any atom is -0.477 e. The summed E-state index contributed by atoms with van der Waals surface area (Å²) in [6.45, 7) is 8.33. The van der Waals surface area contributed by atoms with E-state index in [0.717, 1.165) is 37.6 Å². The fraction of sp³-hybridized carbons (Fsp3) is 0.500.